The van der Waals surface area contributed by atoms with Crippen molar-refractivity contribution in [3.05, 3.63) is 17.0 Å². The first kappa shape index (κ1) is 16.5. The third-order valence-electron chi connectivity index (χ3n) is 4.08. The van der Waals surface area contributed by atoms with Crippen molar-refractivity contribution in [1.29, 1.82) is 0 Å². The minimum atomic E-state index is -3.62. The van der Waals surface area contributed by atoms with Crippen LogP contribution in [0.5, 0.6) is 0 Å². The van der Waals surface area contributed by atoms with Gasteiger partial charge in [-0.25, -0.2) is 13.6 Å². The maximum atomic E-state index is 12.3. The van der Waals surface area contributed by atoms with Crippen LogP contribution in [0.25, 0.3) is 0 Å². The van der Waals surface area contributed by atoms with E-state index in [1.807, 2.05) is 6.92 Å². The predicted molar refractivity (Wildman–Crippen MR) is 83.6 cm³/mol. The van der Waals surface area contributed by atoms with Crippen LogP contribution in [0.3, 0.4) is 0 Å². The van der Waals surface area contributed by atoms with Crippen molar-refractivity contribution < 1.29 is 13.2 Å². The van der Waals surface area contributed by atoms with Crippen molar-refractivity contribution in [2.45, 2.75) is 49.7 Å². The number of hydrogen-bond donors (Lipinski definition) is 2. The average molecular weight is 330 g/mol. The Labute approximate surface area is 130 Å². The summed E-state index contributed by atoms with van der Waals surface area (Å²) in [7, 11) is -3.62. The highest BCUT2D eigenvalue weighted by molar-refractivity contribution is 7.91. The lowest BCUT2D eigenvalue weighted by atomic mass is 9.75. The molecule has 0 radical (unpaired) electrons. The number of rotatable bonds is 5. The fraction of sp³-hybridized carbons (Fsp3) is 0.643. The summed E-state index contributed by atoms with van der Waals surface area (Å²) in [5.74, 6) is 0.116. The predicted octanol–water partition coefficient (Wildman–Crippen LogP) is 2.02. The number of primary sulfonamides is 1. The van der Waals surface area contributed by atoms with E-state index in [0.29, 0.717) is 13.0 Å². The molecule has 1 fully saturated rings. The summed E-state index contributed by atoms with van der Waals surface area (Å²) in [6, 6.07) is 3.26. The number of thiophene rings is 1. The van der Waals surface area contributed by atoms with E-state index in [-0.39, 0.29) is 15.5 Å². The summed E-state index contributed by atoms with van der Waals surface area (Å²) in [6.07, 6.45) is 5.98. The Balaban J connectivity index is 1.84. The zero-order valence-electron chi connectivity index (χ0n) is 12.2. The topological polar surface area (TPSA) is 89.3 Å². The fourth-order valence-electron chi connectivity index (χ4n) is 2.72. The van der Waals surface area contributed by atoms with Gasteiger partial charge in [0.05, 0.1) is 0 Å². The van der Waals surface area contributed by atoms with E-state index in [4.69, 9.17) is 5.14 Å². The van der Waals surface area contributed by atoms with Crippen LogP contribution in [0, 0.1) is 5.41 Å². The molecule has 1 aliphatic carbocycles. The Bertz CT molecular complexity index is 601. The summed E-state index contributed by atoms with van der Waals surface area (Å²) in [6.45, 7) is 2.56. The van der Waals surface area contributed by atoms with E-state index in [2.05, 4.69) is 5.32 Å². The molecule has 3 N–H and O–H groups in total. The maximum absolute atomic E-state index is 12.3. The fourth-order valence-corrected chi connectivity index (χ4v) is 4.50. The molecule has 0 aromatic carbocycles. The van der Waals surface area contributed by atoms with Gasteiger partial charge in [-0.1, -0.05) is 26.2 Å². The summed E-state index contributed by atoms with van der Waals surface area (Å²) >= 11 is 1.16. The van der Waals surface area contributed by atoms with Crippen LogP contribution in [0.2, 0.25) is 0 Å². The van der Waals surface area contributed by atoms with Crippen LogP contribution in [-0.2, 0) is 21.2 Å². The van der Waals surface area contributed by atoms with Gasteiger partial charge < -0.3 is 5.32 Å². The number of sulfonamides is 1. The molecule has 1 saturated carbocycles. The van der Waals surface area contributed by atoms with Gasteiger partial charge in [0.1, 0.15) is 4.21 Å². The molecule has 1 aromatic heterocycles. The second kappa shape index (κ2) is 6.46. The number of carbonyl (C=O) groups is 1. The highest BCUT2D eigenvalue weighted by Crippen LogP contribution is 2.35. The molecule has 1 heterocycles. The van der Waals surface area contributed by atoms with E-state index < -0.39 is 10.0 Å². The molecule has 0 unspecified atom stereocenters. The lowest BCUT2D eigenvalue weighted by molar-refractivity contribution is -0.131. The van der Waals surface area contributed by atoms with Crippen molar-refractivity contribution in [2.24, 2.45) is 10.6 Å². The van der Waals surface area contributed by atoms with Gasteiger partial charge in [0.15, 0.2) is 0 Å². The molecule has 2 rings (SSSR count). The van der Waals surface area contributed by atoms with E-state index >= 15 is 0 Å². The molecule has 21 heavy (non-hydrogen) atoms. The first-order chi connectivity index (χ1) is 9.81. The molecule has 118 valence electrons. The Hall–Kier alpha value is -0.920. The number of amides is 1. The molecule has 0 spiro atoms. The molecule has 1 aromatic rings. The molecule has 0 saturated heterocycles. The molecule has 1 aliphatic rings. The van der Waals surface area contributed by atoms with Crippen molar-refractivity contribution in [3.8, 4) is 0 Å². The van der Waals surface area contributed by atoms with Crippen molar-refractivity contribution in [1.82, 2.24) is 5.32 Å². The second-order valence-corrected chi connectivity index (χ2v) is 8.85. The highest BCUT2D eigenvalue weighted by Gasteiger charge is 2.34. The lowest BCUT2D eigenvalue weighted by Gasteiger charge is -2.32. The molecular weight excluding hydrogens is 308 g/mol. The molecule has 0 bridgehead atoms. The van der Waals surface area contributed by atoms with Gasteiger partial charge in [0.2, 0.25) is 15.9 Å². The normalized spacial score (nSPS) is 18.4. The quantitative estimate of drug-likeness (QED) is 0.865. The molecule has 0 atom stereocenters. The van der Waals surface area contributed by atoms with Gasteiger partial charge in [0.25, 0.3) is 0 Å². The van der Waals surface area contributed by atoms with Gasteiger partial charge in [-0.05, 0) is 31.4 Å². The first-order valence-electron chi connectivity index (χ1n) is 7.21. The summed E-state index contributed by atoms with van der Waals surface area (Å²) in [5.41, 5.74) is -0.237. The summed E-state index contributed by atoms with van der Waals surface area (Å²) < 4.78 is 22.6. The maximum Gasteiger partial charge on any atom is 0.247 e. The van der Waals surface area contributed by atoms with Gasteiger partial charge >= 0.3 is 0 Å². The zero-order valence-corrected chi connectivity index (χ0v) is 13.9. The van der Waals surface area contributed by atoms with Gasteiger partial charge in [-0.2, -0.15) is 0 Å². The first-order valence-corrected chi connectivity index (χ1v) is 9.57. The third kappa shape index (κ3) is 4.28. The van der Waals surface area contributed by atoms with Crippen LogP contribution in [-0.4, -0.2) is 20.9 Å². The Morgan fingerprint density at radius 3 is 2.57 bits per heavy atom. The average Bonchev–Trinajstić information content (AvgIpc) is 2.88. The Morgan fingerprint density at radius 2 is 2.00 bits per heavy atom. The van der Waals surface area contributed by atoms with Crippen LogP contribution in [0.4, 0.5) is 0 Å². The van der Waals surface area contributed by atoms with Crippen molar-refractivity contribution in [3.63, 3.8) is 0 Å². The van der Waals surface area contributed by atoms with E-state index in [0.717, 1.165) is 41.9 Å². The molecular formula is C14H22N2O3S2. The van der Waals surface area contributed by atoms with Crippen molar-refractivity contribution in [2.75, 3.05) is 6.54 Å². The minimum absolute atomic E-state index is 0.116. The van der Waals surface area contributed by atoms with Gasteiger partial charge in [-0.15, -0.1) is 11.3 Å². The van der Waals surface area contributed by atoms with Gasteiger partial charge in [-0.3, -0.25) is 4.79 Å². The van der Waals surface area contributed by atoms with Crippen LogP contribution < -0.4 is 10.5 Å². The van der Waals surface area contributed by atoms with Crippen LogP contribution >= 0.6 is 11.3 Å². The molecule has 5 nitrogen and oxygen atoms in total. The molecule has 0 aliphatic heterocycles. The number of carbonyl (C=O) groups excluding carboxylic acids is 1. The van der Waals surface area contributed by atoms with Crippen LogP contribution in [0.1, 0.15) is 43.9 Å². The number of nitrogens with one attached hydrogen (secondary N) is 1. The van der Waals surface area contributed by atoms with E-state index in [1.54, 1.807) is 6.07 Å². The Morgan fingerprint density at radius 1 is 1.33 bits per heavy atom. The highest BCUT2D eigenvalue weighted by atomic mass is 32.2. The summed E-state index contributed by atoms with van der Waals surface area (Å²) in [4.78, 5) is 13.2. The monoisotopic (exact) mass is 330 g/mol. The Kier molecular flexibility index (Phi) is 5.06. The van der Waals surface area contributed by atoms with Crippen molar-refractivity contribution >= 4 is 27.3 Å². The van der Waals surface area contributed by atoms with E-state index in [9.17, 15) is 13.2 Å². The third-order valence-corrected chi connectivity index (χ3v) is 6.66. The largest absolute Gasteiger partial charge is 0.355 e. The zero-order chi connectivity index (χ0) is 15.5. The molecule has 1 amide bonds. The smallest absolute Gasteiger partial charge is 0.247 e. The van der Waals surface area contributed by atoms with Crippen LogP contribution in [0.15, 0.2) is 16.3 Å². The standard InChI is InChI=1S/C14H22N2O3S2/c1-14(8-3-2-4-9-14)13(17)16-10-7-11-5-6-12(20-11)21(15,18)19/h5-6H,2-4,7-10H2,1H3,(H,16,17)(H2,15,18,19). The molecule has 7 heteroatoms. The SMILES string of the molecule is CC1(C(=O)NCCc2ccc(S(N)(=O)=O)s2)CCCCC1. The van der Waals surface area contributed by atoms with Gasteiger partial charge in [0, 0.05) is 16.8 Å². The summed E-state index contributed by atoms with van der Waals surface area (Å²) in [5, 5.41) is 8.05. The number of nitrogens with two attached hydrogens (primary N) is 1. The van der Waals surface area contributed by atoms with E-state index in [1.165, 1.54) is 12.5 Å². The minimum Gasteiger partial charge on any atom is -0.355 e. The second-order valence-electron chi connectivity index (χ2n) is 5.89. The lowest BCUT2D eigenvalue weighted by Crippen LogP contribution is -2.41. The number of hydrogen-bond acceptors (Lipinski definition) is 4.